The second-order valence-electron chi connectivity index (χ2n) is 10.9. The number of carbonyl (C=O) groups is 1. The molecule has 0 radical (unpaired) electrons. The van der Waals surface area contributed by atoms with Crippen LogP contribution in [0.4, 0.5) is 16.4 Å². The first-order chi connectivity index (χ1) is 19.5. The van der Waals surface area contributed by atoms with E-state index in [1.807, 2.05) is 44.7 Å². The Labute approximate surface area is 236 Å². The second kappa shape index (κ2) is 10.2. The van der Waals surface area contributed by atoms with Crippen LogP contribution in [0.5, 0.6) is 0 Å². The van der Waals surface area contributed by atoms with Crippen molar-refractivity contribution in [1.29, 1.82) is 0 Å². The Hall–Kier alpha value is -3.96. The van der Waals surface area contributed by atoms with E-state index in [9.17, 15) is 4.79 Å². The van der Waals surface area contributed by atoms with Crippen molar-refractivity contribution in [2.24, 2.45) is 14.1 Å². The number of amides is 1. The van der Waals surface area contributed by atoms with Crippen LogP contribution in [0.3, 0.4) is 0 Å². The lowest BCUT2D eigenvalue weighted by Crippen LogP contribution is -2.43. The minimum absolute atomic E-state index is 0.174. The van der Waals surface area contributed by atoms with Gasteiger partial charge in [0.15, 0.2) is 0 Å². The maximum Gasteiger partial charge on any atom is 0.257 e. The lowest BCUT2D eigenvalue weighted by atomic mass is 10.0. The Bertz CT molecular complexity index is 1680. The molecule has 3 aromatic heterocycles. The summed E-state index contributed by atoms with van der Waals surface area (Å²) in [6, 6.07) is 9.32. The molecule has 0 spiro atoms. The van der Waals surface area contributed by atoms with Crippen molar-refractivity contribution in [2.45, 2.75) is 44.3 Å². The van der Waals surface area contributed by atoms with Gasteiger partial charge in [0, 0.05) is 85.9 Å². The SMILES string of the molecule is Cn1cc2cc(NC(=O)c3ccc(N4CCC(NC5CC5)CC4)c4cn(C)nc34)cc(CNc3cncs3)c2n1. The Morgan fingerprint density at radius 3 is 2.55 bits per heavy atom. The molecule has 206 valence electrons. The standard InChI is InChI=1S/C29H33N9OS/c1-36-15-19-12-22(11-18(27(19)34-36)13-31-26-14-30-17-40-26)33-29(39)23-5-6-25(24-16-37(2)35-28(23)24)38-9-7-21(8-10-38)32-20-3-4-20/h5-6,11-12,14-17,20-21,31-32H,3-4,7-10,13H2,1-2H3,(H,33,39). The van der Waals surface area contributed by atoms with Gasteiger partial charge in [0.25, 0.3) is 5.91 Å². The second-order valence-corrected chi connectivity index (χ2v) is 11.8. The third-order valence-corrected chi connectivity index (χ3v) is 8.57. The van der Waals surface area contributed by atoms with Crippen molar-refractivity contribution in [3.63, 3.8) is 0 Å². The molecule has 1 saturated heterocycles. The van der Waals surface area contributed by atoms with Crippen molar-refractivity contribution in [3.8, 4) is 0 Å². The molecule has 3 N–H and O–H groups in total. The summed E-state index contributed by atoms with van der Waals surface area (Å²) in [6.07, 6.45) is 10.7. The van der Waals surface area contributed by atoms with Gasteiger partial charge in [-0.15, -0.1) is 11.3 Å². The summed E-state index contributed by atoms with van der Waals surface area (Å²) in [5, 5.41) is 22.6. The van der Waals surface area contributed by atoms with E-state index in [0.717, 1.165) is 75.7 Å². The van der Waals surface area contributed by atoms with Crippen LogP contribution in [0.1, 0.15) is 41.6 Å². The lowest BCUT2D eigenvalue weighted by molar-refractivity contribution is 0.102. The quantitative estimate of drug-likeness (QED) is 0.259. The number of anilines is 3. The molecule has 40 heavy (non-hydrogen) atoms. The first-order valence-corrected chi connectivity index (χ1v) is 14.8. The van der Waals surface area contributed by atoms with E-state index in [1.165, 1.54) is 12.8 Å². The van der Waals surface area contributed by atoms with E-state index in [1.54, 1.807) is 32.4 Å². The number of benzene rings is 2. The Balaban J connectivity index is 1.14. The Morgan fingerprint density at radius 2 is 1.77 bits per heavy atom. The van der Waals surface area contributed by atoms with Gasteiger partial charge in [-0.3, -0.25) is 19.1 Å². The average Bonchev–Trinajstić information content (AvgIpc) is 3.28. The molecule has 2 aliphatic rings. The zero-order chi connectivity index (χ0) is 27.2. The minimum atomic E-state index is -0.174. The summed E-state index contributed by atoms with van der Waals surface area (Å²) in [6.45, 7) is 2.58. The molecule has 1 aliphatic heterocycles. The van der Waals surface area contributed by atoms with Gasteiger partial charge in [-0.1, -0.05) is 0 Å². The summed E-state index contributed by atoms with van der Waals surface area (Å²) in [7, 11) is 3.82. The van der Waals surface area contributed by atoms with Gasteiger partial charge >= 0.3 is 0 Å². The van der Waals surface area contributed by atoms with Crippen LogP contribution < -0.4 is 20.9 Å². The summed E-state index contributed by atoms with van der Waals surface area (Å²) < 4.78 is 3.60. The normalized spacial score (nSPS) is 16.2. The summed E-state index contributed by atoms with van der Waals surface area (Å²) in [5.41, 5.74) is 6.88. The number of piperidine rings is 1. The molecule has 0 bridgehead atoms. The molecule has 5 aromatic rings. The number of fused-ring (bicyclic) bond motifs is 2. The molecule has 4 heterocycles. The van der Waals surface area contributed by atoms with Crippen molar-refractivity contribution < 1.29 is 4.79 Å². The van der Waals surface area contributed by atoms with E-state index in [-0.39, 0.29) is 5.91 Å². The van der Waals surface area contributed by atoms with Gasteiger partial charge in [0.05, 0.1) is 22.8 Å². The molecule has 11 heteroatoms. The topological polar surface area (TPSA) is 105 Å². The van der Waals surface area contributed by atoms with Crippen LogP contribution in [-0.4, -0.2) is 55.6 Å². The molecule has 1 saturated carbocycles. The van der Waals surface area contributed by atoms with Crippen LogP contribution in [0.2, 0.25) is 0 Å². The first-order valence-electron chi connectivity index (χ1n) is 13.9. The van der Waals surface area contributed by atoms with Gasteiger partial charge in [0.2, 0.25) is 0 Å². The molecule has 2 aromatic carbocycles. The number of hydrogen-bond acceptors (Lipinski definition) is 8. The third kappa shape index (κ3) is 5.02. The average molecular weight is 556 g/mol. The number of thiazole rings is 1. The van der Waals surface area contributed by atoms with Crippen molar-refractivity contribution in [1.82, 2.24) is 29.9 Å². The predicted molar refractivity (Wildman–Crippen MR) is 160 cm³/mol. The lowest BCUT2D eigenvalue weighted by Gasteiger charge is -2.34. The summed E-state index contributed by atoms with van der Waals surface area (Å²) in [4.78, 5) is 20.2. The van der Waals surface area contributed by atoms with Crippen LogP contribution in [0.15, 0.2) is 48.4 Å². The maximum atomic E-state index is 13.6. The highest BCUT2D eigenvalue weighted by atomic mass is 32.1. The zero-order valence-electron chi connectivity index (χ0n) is 22.7. The smallest absolute Gasteiger partial charge is 0.257 e. The van der Waals surface area contributed by atoms with Crippen LogP contribution in [-0.2, 0) is 20.6 Å². The molecule has 0 unspecified atom stereocenters. The fraction of sp³-hybridized carbons (Fsp3) is 0.379. The molecule has 2 fully saturated rings. The highest BCUT2D eigenvalue weighted by Gasteiger charge is 2.28. The van der Waals surface area contributed by atoms with E-state index in [0.29, 0.717) is 18.2 Å². The molecule has 0 atom stereocenters. The number of rotatable bonds is 8. The number of nitrogens with zero attached hydrogens (tertiary/aromatic N) is 6. The number of nitrogens with one attached hydrogen (secondary N) is 3. The zero-order valence-corrected chi connectivity index (χ0v) is 23.5. The summed E-state index contributed by atoms with van der Waals surface area (Å²) >= 11 is 1.55. The number of hydrogen-bond donors (Lipinski definition) is 3. The fourth-order valence-electron chi connectivity index (χ4n) is 5.75. The van der Waals surface area contributed by atoms with Gasteiger partial charge < -0.3 is 20.9 Å². The number of aryl methyl sites for hydroxylation is 2. The highest BCUT2D eigenvalue weighted by molar-refractivity contribution is 7.13. The molecule has 10 nitrogen and oxygen atoms in total. The molecule has 1 amide bonds. The van der Waals surface area contributed by atoms with E-state index in [4.69, 9.17) is 5.10 Å². The van der Waals surface area contributed by atoms with E-state index < -0.39 is 0 Å². The molecule has 7 rings (SSSR count). The van der Waals surface area contributed by atoms with Crippen LogP contribution in [0, 0.1) is 0 Å². The van der Waals surface area contributed by atoms with Crippen molar-refractivity contribution >= 4 is 55.4 Å². The van der Waals surface area contributed by atoms with Crippen LogP contribution in [0.25, 0.3) is 21.8 Å². The first kappa shape index (κ1) is 25.0. The Kier molecular flexibility index (Phi) is 6.39. The van der Waals surface area contributed by atoms with E-state index >= 15 is 0 Å². The Morgan fingerprint density at radius 1 is 1.00 bits per heavy atom. The molecule has 1 aliphatic carbocycles. The predicted octanol–water partition coefficient (Wildman–Crippen LogP) is 4.50. The van der Waals surface area contributed by atoms with E-state index in [2.05, 4.69) is 37.0 Å². The molecular formula is C29H33N9OS. The van der Waals surface area contributed by atoms with Crippen molar-refractivity contribution in [2.75, 3.05) is 28.6 Å². The number of aromatic nitrogens is 5. The third-order valence-electron chi connectivity index (χ3n) is 7.84. The summed E-state index contributed by atoms with van der Waals surface area (Å²) in [5.74, 6) is -0.174. The maximum absolute atomic E-state index is 13.6. The van der Waals surface area contributed by atoms with Crippen molar-refractivity contribution in [3.05, 3.63) is 59.5 Å². The van der Waals surface area contributed by atoms with Gasteiger partial charge in [-0.25, -0.2) is 0 Å². The largest absolute Gasteiger partial charge is 0.371 e. The minimum Gasteiger partial charge on any atom is -0.371 e. The monoisotopic (exact) mass is 555 g/mol. The highest BCUT2D eigenvalue weighted by Crippen LogP contribution is 2.32. The van der Waals surface area contributed by atoms with Gasteiger partial charge in [-0.05, 0) is 49.9 Å². The number of carbonyl (C=O) groups excluding carboxylic acids is 1. The fourth-order valence-corrected chi connectivity index (χ4v) is 6.27. The molecular weight excluding hydrogens is 522 g/mol. The van der Waals surface area contributed by atoms with Crippen LogP contribution >= 0.6 is 11.3 Å². The van der Waals surface area contributed by atoms with Gasteiger partial charge in [-0.2, -0.15) is 10.2 Å². The van der Waals surface area contributed by atoms with Gasteiger partial charge in [0.1, 0.15) is 10.5 Å².